The Kier molecular flexibility index (Phi) is 10.9. The molecular formula is C45H46ClN3O4. The molecule has 7 nitrogen and oxygen atoms in total. The number of halogens is 1. The molecule has 3 aliphatic rings. The number of para-hydroxylation sites is 1. The molecule has 2 aliphatic heterocycles. The zero-order valence-corrected chi connectivity index (χ0v) is 31.0. The van der Waals surface area contributed by atoms with Gasteiger partial charge in [-0.3, -0.25) is 0 Å². The zero-order valence-electron chi connectivity index (χ0n) is 30.2. The van der Waals surface area contributed by atoms with Crippen molar-refractivity contribution < 1.29 is 18.9 Å². The Labute approximate surface area is 317 Å². The van der Waals surface area contributed by atoms with Crippen LogP contribution < -0.4 is 9.91 Å². The number of ether oxygens (including phenoxy) is 4. The molecule has 0 bridgehead atoms. The van der Waals surface area contributed by atoms with Gasteiger partial charge in [0.15, 0.2) is 0 Å². The smallest absolute Gasteiger partial charge is 0.118 e. The summed E-state index contributed by atoms with van der Waals surface area (Å²) in [5, 5.41) is 7.44. The van der Waals surface area contributed by atoms with Gasteiger partial charge in [0.05, 0.1) is 61.2 Å². The van der Waals surface area contributed by atoms with E-state index in [9.17, 15) is 0 Å². The third-order valence-corrected chi connectivity index (χ3v) is 10.7. The summed E-state index contributed by atoms with van der Waals surface area (Å²) in [6.07, 6.45) is 8.12. The van der Waals surface area contributed by atoms with Crippen LogP contribution in [0, 0.1) is 6.92 Å². The lowest BCUT2D eigenvalue weighted by atomic mass is 10.1. The molecule has 1 saturated carbocycles. The largest absolute Gasteiger partial charge is 0.376 e. The number of anilines is 5. The first-order valence-electron chi connectivity index (χ1n) is 18.7. The topological polar surface area (TPSA) is 59.1 Å². The molecule has 272 valence electrons. The van der Waals surface area contributed by atoms with Crippen LogP contribution in [0.3, 0.4) is 0 Å². The number of epoxide rings is 1. The van der Waals surface area contributed by atoms with E-state index in [0.29, 0.717) is 37.6 Å². The Morgan fingerprint density at radius 1 is 0.755 bits per heavy atom. The molecule has 0 amide bonds. The van der Waals surface area contributed by atoms with Gasteiger partial charge in [0.2, 0.25) is 0 Å². The summed E-state index contributed by atoms with van der Waals surface area (Å²) in [5.41, 5.74) is 9.13. The highest BCUT2D eigenvalue weighted by Crippen LogP contribution is 2.50. The standard InChI is InChI=1S/C45H46ClN3O4/c1-33-11-18-40(19-12-33)49(39-7-3-2-4-8-39)47-28-36-17-24-41(27-43(36)46)48(37-20-13-34(14-21-37)29-50-31-42-9-6-26-52-42)38-22-15-35(16-23-38)30-51-32-45-25-5-10-44(45)53-45/h2-4,7-8,11-24,27-28,42,44H,5-6,9-10,25-26,29-32H2,1H3. The Hall–Kier alpha value is -4.50. The van der Waals surface area contributed by atoms with Gasteiger partial charge in [-0.2, -0.15) is 5.10 Å². The second-order valence-corrected chi connectivity index (χ2v) is 14.7. The summed E-state index contributed by atoms with van der Waals surface area (Å²) in [7, 11) is 0. The van der Waals surface area contributed by atoms with Crippen LogP contribution in [0.2, 0.25) is 5.02 Å². The summed E-state index contributed by atoms with van der Waals surface area (Å²) < 4.78 is 23.8. The average Bonchev–Trinajstić information content (AvgIpc) is 3.46. The lowest BCUT2D eigenvalue weighted by Gasteiger charge is -2.26. The van der Waals surface area contributed by atoms with Crippen LogP contribution in [0.25, 0.3) is 0 Å². The molecule has 53 heavy (non-hydrogen) atoms. The first kappa shape index (κ1) is 35.5. The maximum Gasteiger partial charge on any atom is 0.118 e. The fourth-order valence-corrected chi connectivity index (χ4v) is 7.57. The predicted octanol–water partition coefficient (Wildman–Crippen LogP) is 10.8. The summed E-state index contributed by atoms with van der Waals surface area (Å²) in [6.45, 7) is 5.31. The van der Waals surface area contributed by atoms with E-state index in [0.717, 1.165) is 77.4 Å². The third kappa shape index (κ3) is 8.51. The number of hydrogen-bond acceptors (Lipinski definition) is 7. The Morgan fingerprint density at radius 3 is 2.04 bits per heavy atom. The number of rotatable bonds is 15. The van der Waals surface area contributed by atoms with Gasteiger partial charge < -0.3 is 23.8 Å². The van der Waals surface area contributed by atoms with E-state index in [1.807, 2.05) is 53.7 Å². The highest BCUT2D eigenvalue weighted by atomic mass is 35.5. The van der Waals surface area contributed by atoms with Crippen molar-refractivity contribution in [2.24, 2.45) is 5.10 Å². The molecule has 0 N–H and O–H groups in total. The molecule has 8 rings (SSSR count). The van der Waals surface area contributed by atoms with Gasteiger partial charge in [-0.25, -0.2) is 5.01 Å². The predicted molar refractivity (Wildman–Crippen MR) is 213 cm³/mol. The summed E-state index contributed by atoms with van der Waals surface area (Å²) >= 11 is 7.04. The highest BCUT2D eigenvalue weighted by molar-refractivity contribution is 6.33. The van der Waals surface area contributed by atoms with Crippen LogP contribution in [-0.4, -0.2) is 43.8 Å². The Morgan fingerprint density at radius 2 is 1.42 bits per heavy atom. The fourth-order valence-electron chi connectivity index (χ4n) is 7.35. The van der Waals surface area contributed by atoms with E-state index in [2.05, 4.69) is 90.7 Å². The zero-order chi connectivity index (χ0) is 36.0. The monoisotopic (exact) mass is 727 g/mol. The number of hydrogen-bond donors (Lipinski definition) is 0. The number of aryl methyl sites for hydroxylation is 1. The van der Waals surface area contributed by atoms with E-state index < -0.39 is 0 Å². The minimum atomic E-state index is -0.0190. The molecule has 5 aromatic carbocycles. The van der Waals surface area contributed by atoms with Crippen molar-refractivity contribution >= 4 is 46.3 Å². The number of nitrogens with zero attached hydrogens (tertiary/aromatic N) is 3. The normalized spacial score (nSPS) is 20.5. The maximum absolute atomic E-state index is 7.04. The van der Waals surface area contributed by atoms with Gasteiger partial charge in [-0.15, -0.1) is 0 Å². The van der Waals surface area contributed by atoms with E-state index in [4.69, 9.17) is 35.6 Å². The lowest BCUT2D eigenvalue weighted by molar-refractivity contribution is 0.0106. The molecular weight excluding hydrogens is 682 g/mol. The second kappa shape index (κ2) is 16.3. The summed E-state index contributed by atoms with van der Waals surface area (Å²) in [5.74, 6) is 0. The van der Waals surface area contributed by atoms with Gasteiger partial charge in [-0.1, -0.05) is 71.8 Å². The van der Waals surface area contributed by atoms with Crippen molar-refractivity contribution in [3.63, 3.8) is 0 Å². The highest BCUT2D eigenvalue weighted by Gasteiger charge is 2.59. The molecule has 2 saturated heterocycles. The fraction of sp³-hybridized carbons (Fsp3) is 0.311. The quantitative estimate of drug-likeness (QED) is 0.0608. The van der Waals surface area contributed by atoms with Crippen LogP contribution >= 0.6 is 11.6 Å². The number of benzene rings is 5. The van der Waals surface area contributed by atoms with Crippen LogP contribution in [0.15, 0.2) is 126 Å². The summed E-state index contributed by atoms with van der Waals surface area (Å²) in [4.78, 5) is 2.22. The molecule has 0 spiro atoms. The van der Waals surface area contributed by atoms with E-state index in [1.165, 1.54) is 12.0 Å². The summed E-state index contributed by atoms with van der Waals surface area (Å²) in [6, 6.07) is 41.7. The maximum atomic E-state index is 7.04. The molecule has 8 heteroatoms. The second-order valence-electron chi connectivity index (χ2n) is 14.3. The molecule has 0 radical (unpaired) electrons. The third-order valence-electron chi connectivity index (χ3n) is 10.4. The minimum absolute atomic E-state index is 0.0190. The Bertz CT molecular complexity index is 1980. The molecule has 2 heterocycles. The van der Waals surface area contributed by atoms with E-state index in [1.54, 1.807) is 0 Å². The molecule has 1 aliphatic carbocycles. The van der Waals surface area contributed by atoms with Gasteiger partial charge in [0.25, 0.3) is 0 Å². The van der Waals surface area contributed by atoms with Crippen LogP contribution in [0.5, 0.6) is 0 Å². The van der Waals surface area contributed by atoms with Gasteiger partial charge >= 0.3 is 0 Å². The molecule has 3 atom stereocenters. The molecule has 5 aromatic rings. The Balaban J connectivity index is 1.03. The van der Waals surface area contributed by atoms with Crippen molar-refractivity contribution in [1.82, 2.24) is 0 Å². The lowest BCUT2D eigenvalue weighted by Crippen LogP contribution is -2.18. The van der Waals surface area contributed by atoms with Crippen LogP contribution in [-0.2, 0) is 32.2 Å². The first-order chi connectivity index (χ1) is 26.0. The van der Waals surface area contributed by atoms with Crippen molar-refractivity contribution in [3.05, 3.63) is 149 Å². The van der Waals surface area contributed by atoms with E-state index in [-0.39, 0.29) is 11.7 Å². The van der Waals surface area contributed by atoms with Gasteiger partial charge in [0, 0.05) is 29.2 Å². The number of hydrazone groups is 1. The number of fused-ring (bicyclic) bond motifs is 1. The average molecular weight is 728 g/mol. The van der Waals surface area contributed by atoms with Crippen LogP contribution in [0.4, 0.5) is 28.4 Å². The molecule has 3 unspecified atom stereocenters. The minimum Gasteiger partial charge on any atom is -0.376 e. The van der Waals surface area contributed by atoms with Crippen molar-refractivity contribution in [2.45, 2.75) is 70.1 Å². The van der Waals surface area contributed by atoms with Crippen molar-refractivity contribution in [1.29, 1.82) is 0 Å². The molecule has 3 fully saturated rings. The van der Waals surface area contributed by atoms with Crippen molar-refractivity contribution in [3.8, 4) is 0 Å². The molecule has 0 aromatic heterocycles. The van der Waals surface area contributed by atoms with Gasteiger partial charge in [0.1, 0.15) is 5.60 Å². The van der Waals surface area contributed by atoms with Crippen LogP contribution in [0.1, 0.15) is 54.4 Å². The SMILES string of the molecule is Cc1ccc(N(N=Cc2ccc(N(c3ccc(COCC4CCCO4)cc3)c3ccc(COCC45CCCC4O5)cc3)cc2Cl)c2ccccc2)cc1. The van der Waals surface area contributed by atoms with E-state index >= 15 is 0 Å². The van der Waals surface area contributed by atoms with Crippen molar-refractivity contribution in [2.75, 3.05) is 29.7 Å². The first-order valence-corrected chi connectivity index (χ1v) is 19.1. The van der Waals surface area contributed by atoms with Gasteiger partial charge in [-0.05, 0) is 117 Å².